The molecule has 2 aromatic rings. The summed E-state index contributed by atoms with van der Waals surface area (Å²) < 4.78 is 7.12. The summed E-state index contributed by atoms with van der Waals surface area (Å²) in [5, 5.41) is 0. The fourth-order valence-electron chi connectivity index (χ4n) is 4.08. The van der Waals surface area contributed by atoms with Gasteiger partial charge in [-0.25, -0.2) is 9.78 Å². The predicted octanol–water partition coefficient (Wildman–Crippen LogP) is 4.85. The van der Waals surface area contributed by atoms with E-state index in [1.54, 1.807) is 0 Å². The minimum absolute atomic E-state index is 0.0200. The number of aromatic nitrogens is 2. The van der Waals surface area contributed by atoms with E-state index in [-0.39, 0.29) is 11.4 Å². The third-order valence-corrected chi connectivity index (χ3v) is 5.46. The van der Waals surface area contributed by atoms with Crippen LogP contribution in [0.2, 0.25) is 0 Å². The van der Waals surface area contributed by atoms with Crippen molar-refractivity contribution < 1.29 is 9.53 Å². The van der Waals surface area contributed by atoms with Gasteiger partial charge < -0.3 is 9.14 Å². The first-order valence-electron chi connectivity index (χ1n) is 9.42. The highest BCUT2D eigenvalue weighted by Crippen LogP contribution is 2.33. The molecule has 0 saturated heterocycles. The van der Waals surface area contributed by atoms with E-state index in [1.165, 1.54) is 44.9 Å². The number of ether oxygens (including phenoxy) is 1. The quantitative estimate of drug-likeness (QED) is 0.749. The van der Waals surface area contributed by atoms with Gasteiger partial charge in [-0.3, -0.25) is 0 Å². The lowest BCUT2D eigenvalue weighted by Crippen LogP contribution is -2.18. The summed E-state index contributed by atoms with van der Waals surface area (Å²) in [4.78, 5) is 17.0. The number of esters is 1. The van der Waals surface area contributed by atoms with Crippen molar-refractivity contribution >= 4 is 11.6 Å². The molecule has 0 radical (unpaired) electrons. The Balaban J connectivity index is 2.12. The maximum atomic E-state index is 12.0. The van der Waals surface area contributed by atoms with Gasteiger partial charge in [0.15, 0.2) is 0 Å². The molecule has 0 aliphatic heterocycles. The third-order valence-electron chi connectivity index (χ3n) is 5.46. The zero-order valence-corrected chi connectivity index (χ0v) is 16.2. The molecule has 0 amide bonds. The number of methoxy groups -OCH3 is 1. The lowest BCUT2D eigenvalue weighted by molar-refractivity contribution is 0.0600. The van der Waals surface area contributed by atoms with Crippen LogP contribution in [0.1, 0.15) is 80.2 Å². The number of hydrogen-bond donors (Lipinski definition) is 0. The molecule has 0 atom stereocenters. The molecule has 4 nitrogen and oxygen atoms in total. The zero-order chi connectivity index (χ0) is 18.2. The summed E-state index contributed by atoms with van der Waals surface area (Å²) in [5.41, 5.74) is 4.84. The lowest BCUT2D eigenvalue weighted by atomic mass is 9.83. The average molecular weight is 342 g/mol. The standard InChI is InChI=1S/C21H30N2O2/c1-14-16(20(24)25-5)11-12-23-17(13-15-9-7-6-8-10-15)18(21(2,3)4)22-19(14)23/h11-12,15H,6-10,13H2,1-5H3. The molecule has 0 N–H and O–H groups in total. The number of carbonyl (C=O) groups is 1. The van der Waals surface area contributed by atoms with Gasteiger partial charge in [-0.1, -0.05) is 52.9 Å². The van der Waals surface area contributed by atoms with Crippen LogP contribution in [0.5, 0.6) is 0 Å². The van der Waals surface area contributed by atoms with Crippen molar-refractivity contribution in [3.63, 3.8) is 0 Å². The molecule has 1 fully saturated rings. The van der Waals surface area contributed by atoms with Crippen molar-refractivity contribution in [2.45, 2.75) is 71.6 Å². The maximum Gasteiger partial charge on any atom is 0.338 e. The van der Waals surface area contributed by atoms with Crippen molar-refractivity contribution in [2.75, 3.05) is 7.11 Å². The minimum Gasteiger partial charge on any atom is -0.465 e. The second kappa shape index (κ2) is 6.81. The van der Waals surface area contributed by atoms with Gasteiger partial charge in [0.2, 0.25) is 0 Å². The fourth-order valence-corrected chi connectivity index (χ4v) is 4.08. The summed E-state index contributed by atoms with van der Waals surface area (Å²) in [6, 6.07) is 1.87. The van der Waals surface area contributed by atoms with Gasteiger partial charge in [0.1, 0.15) is 5.65 Å². The Labute approximate surface area is 150 Å². The lowest BCUT2D eigenvalue weighted by Gasteiger charge is -2.24. The zero-order valence-electron chi connectivity index (χ0n) is 16.2. The van der Waals surface area contributed by atoms with E-state index in [1.807, 2.05) is 19.2 Å². The molecule has 3 rings (SSSR count). The van der Waals surface area contributed by atoms with Gasteiger partial charge >= 0.3 is 5.97 Å². The molecule has 0 bridgehead atoms. The second-order valence-electron chi connectivity index (χ2n) is 8.40. The Morgan fingerprint density at radius 1 is 1.28 bits per heavy atom. The van der Waals surface area contributed by atoms with Crippen LogP contribution in [0.4, 0.5) is 0 Å². The monoisotopic (exact) mass is 342 g/mol. The highest BCUT2D eigenvalue weighted by molar-refractivity contribution is 5.92. The first-order valence-corrected chi connectivity index (χ1v) is 9.42. The number of carbonyl (C=O) groups excluding carboxylic acids is 1. The first kappa shape index (κ1) is 18.0. The van der Waals surface area contributed by atoms with E-state index < -0.39 is 0 Å². The highest BCUT2D eigenvalue weighted by Gasteiger charge is 2.27. The van der Waals surface area contributed by atoms with Crippen LogP contribution in [-0.2, 0) is 16.6 Å². The second-order valence-corrected chi connectivity index (χ2v) is 8.40. The summed E-state index contributed by atoms with van der Waals surface area (Å²) in [7, 11) is 1.42. The molecular formula is C21H30N2O2. The molecule has 2 heterocycles. The van der Waals surface area contributed by atoms with Crippen LogP contribution >= 0.6 is 0 Å². The van der Waals surface area contributed by atoms with Gasteiger partial charge in [-0.05, 0) is 25.3 Å². The molecule has 0 spiro atoms. The maximum absolute atomic E-state index is 12.0. The molecule has 1 saturated carbocycles. The molecule has 25 heavy (non-hydrogen) atoms. The molecule has 1 aliphatic carbocycles. The molecule has 4 heteroatoms. The summed E-state index contributed by atoms with van der Waals surface area (Å²) in [6.07, 6.45) is 9.76. The van der Waals surface area contributed by atoms with E-state index in [2.05, 4.69) is 25.2 Å². The molecule has 2 aromatic heterocycles. The topological polar surface area (TPSA) is 43.6 Å². The van der Waals surface area contributed by atoms with E-state index in [9.17, 15) is 4.79 Å². The summed E-state index contributed by atoms with van der Waals surface area (Å²) in [5.74, 6) is 0.449. The Hall–Kier alpha value is -1.84. The van der Waals surface area contributed by atoms with Gasteiger partial charge in [0.25, 0.3) is 0 Å². The number of imidazole rings is 1. The van der Waals surface area contributed by atoms with Crippen LogP contribution in [0, 0.1) is 12.8 Å². The molecular weight excluding hydrogens is 312 g/mol. The number of hydrogen-bond acceptors (Lipinski definition) is 3. The van der Waals surface area contributed by atoms with Crippen molar-refractivity contribution in [3.05, 3.63) is 34.8 Å². The Bertz CT molecular complexity index is 777. The fraction of sp³-hybridized carbons (Fsp3) is 0.619. The van der Waals surface area contributed by atoms with Crippen molar-refractivity contribution in [1.29, 1.82) is 0 Å². The Kier molecular flexibility index (Phi) is 4.90. The van der Waals surface area contributed by atoms with E-state index in [0.29, 0.717) is 5.56 Å². The Morgan fingerprint density at radius 2 is 1.96 bits per heavy atom. The number of rotatable bonds is 3. The van der Waals surface area contributed by atoms with Crippen LogP contribution in [0.25, 0.3) is 5.65 Å². The average Bonchev–Trinajstić information content (AvgIpc) is 2.95. The first-order chi connectivity index (χ1) is 11.8. The predicted molar refractivity (Wildman–Crippen MR) is 100 cm³/mol. The SMILES string of the molecule is COC(=O)c1ccn2c(CC3CCCCC3)c(C(C)(C)C)nc2c1C. The Morgan fingerprint density at radius 3 is 2.56 bits per heavy atom. The van der Waals surface area contributed by atoms with Gasteiger partial charge in [0.05, 0.1) is 18.4 Å². The number of aryl methyl sites for hydroxylation is 1. The number of fused-ring (bicyclic) bond motifs is 1. The van der Waals surface area contributed by atoms with E-state index in [4.69, 9.17) is 9.72 Å². The summed E-state index contributed by atoms with van der Waals surface area (Å²) in [6.45, 7) is 8.62. The normalized spacial score (nSPS) is 16.4. The van der Waals surface area contributed by atoms with Crippen molar-refractivity contribution in [2.24, 2.45) is 5.92 Å². The van der Waals surface area contributed by atoms with Crippen LogP contribution in [0.15, 0.2) is 12.3 Å². The largest absolute Gasteiger partial charge is 0.465 e. The van der Waals surface area contributed by atoms with Crippen LogP contribution in [0.3, 0.4) is 0 Å². The van der Waals surface area contributed by atoms with Crippen molar-refractivity contribution in [1.82, 2.24) is 9.38 Å². The smallest absolute Gasteiger partial charge is 0.338 e. The number of nitrogens with zero attached hydrogens (tertiary/aromatic N) is 2. The van der Waals surface area contributed by atoms with Crippen LogP contribution < -0.4 is 0 Å². The highest BCUT2D eigenvalue weighted by atomic mass is 16.5. The molecule has 136 valence electrons. The minimum atomic E-state index is -0.297. The van der Waals surface area contributed by atoms with Gasteiger partial charge in [-0.15, -0.1) is 0 Å². The van der Waals surface area contributed by atoms with E-state index in [0.717, 1.165) is 29.2 Å². The summed E-state index contributed by atoms with van der Waals surface area (Å²) >= 11 is 0. The third kappa shape index (κ3) is 3.44. The number of pyridine rings is 1. The molecule has 0 unspecified atom stereocenters. The van der Waals surface area contributed by atoms with E-state index >= 15 is 0 Å². The molecule has 0 aromatic carbocycles. The van der Waals surface area contributed by atoms with Gasteiger partial charge in [-0.2, -0.15) is 0 Å². The molecule has 1 aliphatic rings. The van der Waals surface area contributed by atoms with Crippen LogP contribution in [-0.4, -0.2) is 22.5 Å². The van der Waals surface area contributed by atoms with Crippen molar-refractivity contribution in [3.8, 4) is 0 Å². The van der Waals surface area contributed by atoms with Gasteiger partial charge in [0, 0.05) is 22.9 Å².